The summed E-state index contributed by atoms with van der Waals surface area (Å²) in [6, 6.07) is 7.50. The van der Waals surface area contributed by atoms with Gasteiger partial charge in [-0.05, 0) is 18.2 Å². The van der Waals surface area contributed by atoms with Crippen LogP contribution in [-0.4, -0.2) is 19.6 Å². The lowest BCUT2D eigenvalue weighted by Crippen LogP contribution is -2.02. The van der Waals surface area contributed by atoms with Crippen molar-refractivity contribution in [2.24, 2.45) is 0 Å². The Morgan fingerprint density at radius 3 is 3.14 bits per heavy atom. The van der Waals surface area contributed by atoms with Crippen LogP contribution in [-0.2, 0) is 6.54 Å². The van der Waals surface area contributed by atoms with E-state index in [1.807, 2.05) is 35.8 Å². The fourth-order valence-corrected chi connectivity index (χ4v) is 2.59. The van der Waals surface area contributed by atoms with Crippen molar-refractivity contribution in [1.82, 2.24) is 19.6 Å². The number of hydrogen-bond donors (Lipinski definition) is 1. The van der Waals surface area contributed by atoms with E-state index in [0.717, 1.165) is 27.9 Å². The van der Waals surface area contributed by atoms with Gasteiger partial charge >= 0.3 is 0 Å². The summed E-state index contributed by atoms with van der Waals surface area (Å²) in [5.41, 5.74) is 1.54. The fourth-order valence-electron chi connectivity index (χ4n) is 2.03. The standard InChI is InChI=1S/C14H11N5OS/c1-2-11(20-6-1)10-8-13-17-12(3-5-19(13)18-10)16-9-14-15-4-7-21-14/h1-8H,9H2,(H,16,17). The average molecular weight is 297 g/mol. The molecule has 0 aliphatic carbocycles. The van der Waals surface area contributed by atoms with Gasteiger partial charge in [-0.25, -0.2) is 14.5 Å². The number of furan rings is 1. The minimum atomic E-state index is 0.667. The van der Waals surface area contributed by atoms with Crippen molar-refractivity contribution >= 4 is 22.8 Å². The summed E-state index contributed by atoms with van der Waals surface area (Å²) in [5, 5.41) is 10.7. The van der Waals surface area contributed by atoms with Crippen LogP contribution < -0.4 is 5.32 Å². The van der Waals surface area contributed by atoms with Crippen LogP contribution in [0.25, 0.3) is 17.1 Å². The monoisotopic (exact) mass is 297 g/mol. The maximum absolute atomic E-state index is 5.35. The molecule has 4 heterocycles. The maximum atomic E-state index is 5.35. The van der Waals surface area contributed by atoms with E-state index in [-0.39, 0.29) is 0 Å². The quantitative estimate of drug-likeness (QED) is 0.627. The molecule has 6 nitrogen and oxygen atoms in total. The van der Waals surface area contributed by atoms with Crippen molar-refractivity contribution in [2.75, 3.05) is 5.32 Å². The van der Waals surface area contributed by atoms with Crippen molar-refractivity contribution < 1.29 is 4.42 Å². The Morgan fingerprint density at radius 2 is 2.33 bits per heavy atom. The second-order valence-corrected chi connectivity index (χ2v) is 5.38. The molecule has 4 aromatic heterocycles. The summed E-state index contributed by atoms with van der Waals surface area (Å²) in [5.74, 6) is 1.53. The van der Waals surface area contributed by atoms with Crippen molar-refractivity contribution in [2.45, 2.75) is 6.54 Å². The lowest BCUT2D eigenvalue weighted by molar-refractivity contribution is 0.579. The molecule has 0 aliphatic heterocycles. The molecule has 1 N–H and O–H groups in total. The van der Waals surface area contributed by atoms with Crippen LogP contribution in [0.4, 0.5) is 5.82 Å². The number of thiazole rings is 1. The number of rotatable bonds is 4. The topological polar surface area (TPSA) is 68.2 Å². The molecule has 4 rings (SSSR count). The number of nitrogens with one attached hydrogen (secondary N) is 1. The molecule has 0 fully saturated rings. The van der Waals surface area contributed by atoms with Gasteiger partial charge in [-0.3, -0.25) is 0 Å². The van der Waals surface area contributed by atoms with E-state index in [4.69, 9.17) is 4.42 Å². The summed E-state index contributed by atoms with van der Waals surface area (Å²) in [7, 11) is 0. The lowest BCUT2D eigenvalue weighted by Gasteiger charge is -2.03. The highest BCUT2D eigenvalue weighted by molar-refractivity contribution is 7.09. The molecular formula is C14H11N5OS. The smallest absolute Gasteiger partial charge is 0.158 e. The zero-order valence-electron chi connectivity index (χ0n) is 10.9. The van der Waals surface area contributed by atoms with Crippen LogP contribution >= 0.6 is 11.3 Å². The molecule has 0 spiro atoms. The van der Waals surface area contributed by atoms with Crippen LogP contribution in [0.1, 0.15) is 5.01 Å². The average Bonchev–Trinajstić information content (AvgIpc) is 3.23. The molecule has 0 radical (unpaired) electrons. The molecule has 0 atom stereocenters. The van der Waals surface area contributed by atoms with E-state index >= 15 is 0 Å². The first-order valence-corrected chi connectivity index (χ1v) is 7.29. The Balaban J connectivity index is 1.60. The van der Waals surface area contributed by atoms with E-state index in [1.54, 1.807) is 28.3 Å². The maximum Gasteiger partial charge on any atom is 0.158 e. The van der Waals surface area contributed by atoms with Crippen molar-refractivity contribution in [3.05, 3.63) is 53.3 Å². The highest BCUT2D eigenvalue weighted by Gasteiger charge is 2.08. The third-order valence-electron chi connectivity index (χ3n) is 3.00. The fraction of sp³-hybridized carbons (Fsp3) is 0.0714. The zero-order chi connectivity index (χ0) is 14.1. The largest absolute Gasteiger partial charge is 0.463 e. The van der Waals surface area contributed by atoms with Crippen LogP contribution in [0.2, 0.25) is 0 Å². The van der Waals surface area contributed by atoms with Crippen LogP contribution in [0.3, 0.4) is 0 Å². The van der Waals surface area contributed by atoms with E-state index < -0.39 is 0 Å². The molecule has 0 saturated carbocycles. The number of hydrogen-bond acceptors (Lipinski definition) is 6. The molecule has 0 aliphatic rings. The molecular weight excluding hydrogens is 286 g/mol. The number of anilines is 1. The van der Waals surface area contributed by atoms with Gasteiger partial charge in [0.15, 0.2) is 11.4 Å². The first-order chi connectivity index (χ1) is 10.4. The Morgan fingerprint density at radius 1 is 1.33 bits per heavy atom. The van der Waals surface area contributed by atoms with Crippen molar-refractivity contribution in [3.8, 4) is 11.5 Å². The Labute approximate surface area is 124 Å². The number of nitrogens with zero attached hydrogens (tertiary/aromatic N) is 4. The lowest BCUT2D eigenvalue weighted by atomic mass is 10.3. The van der Waals surface area contributed by atoms with Crippen LogP contribution in [0, 0.1) is 0 Å². The molecule has 0 bridgehead atoms. The molecule has 104 valence electrons. The van der Waals surface area contributed by atoms with Gasteiger partial charge in [-0.15, -0.1) is 11.3 Å². The highest BCUT2D eigenvalue weighted by atomic mass is 32.1. The minimum Gasteiger partial charge on any atom is -0.463 e. The predicted molar refractivity (Wildman–Crippen MR) is 80.1 cm³/mol. The van der Waals surface area contributed by atoms with Crippen LogP contribution in [0.15, 0.2) is 52.7 Å². The Kier molecular flexibility index (Phi) is 2.89. The van der Waals surface area contributed by atoms with Crippen molar-refractivity contribution in [3.63, 3.8) is 0 Å². The molecule has 7 heteroatoms. The predicted octanol–water partition coefficient (Wildman–Crippen LogP) is 3.06. The highest BCUT2D eigenvalue weighted by Crippen LogP contribution is 2.20. The zero-order valence-corrected chi connectivity index (χ0v) is 11.7. The Bertz CT molecular complexity index is 851. The third-order valence-corrected chi connectivity index (χ3v) is 3.78. The SMILES string of the molecule is c1coc(-c2cc3nc(NCc4nccs4)ccn3n2)c1. The van der Waals surface area contributed by atoms with Gasteiger partial charge in [-0.2, -0.15) is 5.10 Å². The van der Waals surface area contributed by atoms with Crippen molar-refractivity contribution in [1.29, 1.82) is 0 Å². The van der Waals surface area contributed by atoms with E-state index in [0.29, 0.717) is 6.54 Å². The third kappa shape index (κ3) is 2.38. The van der Waals surface area contributed by atoms with E-state index in [9.17, 15) is 0 Å². The minimum absolute atomic E-state index is 0.667. The molecule has 0 amide bonds. The number of aromatic nitrogens is 4. The van der Waals surface area contributed by atoms with Gasteiger partial charge in [0.2, 0.25) is 0 Å². The summed E-state index contributed by atoms with van der Waals surface area (Å²) in [6.07, 6.45) is 5.30. The second-order valence-electron chi connectivity index (χ2n) is 4.40. The van der Waals surface area contributed by atoms with Gasteiger partial charge < -0.3 is 9.73 Å². The normalized spacial score (nSPS) is 11.0. The van der Waals surface area contributed by atoms with Crippen LogP contribution in [0.5, 0.6) is 0 Å². The molecule has 0 saturated heterocycles. The van der Waals surface area contributed by atoms with Gasteiger partial charge in [0.25, 0.3) is 0 Å². The van der Waals surface area contributed by atoms with E-state index in [1.165, 1.54) is 0 Å². The molecule has 0 aromatic carbocycles. The van der Waals surface area contributed by atoms with Gasteiger partial charge in [0.1, 0.15) is 16.5 Å². The first-order valence-electron chi connectivity index (χ1n) is 6.41. The number of fused-ring (bicyclic) bond motifs is 1. The Hall–Kier alpha value is -2.67. The first kappa shape index (κ1) is 12.1. The van der Waals surface area contributed by atoms with E-state index in [2.05, 4.69) is 20.4 Å². The summed E-state index contributed by atoms with van der Waals surface area (Å²) < 4.78 is 7.08. The molecule has 4 aromatic rings. The molecule has 21 heavy (non-hydrogen) atoms. The molecule has 0 unspecified atom stereocenters. The van der Waals surface area contributed by atoms with Gasteiger partial charge in [0.05, 0.1) is 12.8 Å². The summed E-state index contributed by atoms with van der Waals surface area (Å²) in [6.45, 7) is 0.667. The summed E-state index contributed by atoms with van der Waals surface area (Å²) in [4.78, 5) is 8.76. The summed E-state index contributed by atoms with van der Waals surface area (Å²) >= 11 is 1.62. The van der Waals surface area contributed by atoms with Gasteiger partial charge in [-0.1, -0.05) is 0 Å². The second kappa shape index (κ2) is 5.02. The van der Waals surface area contributed by atoms with Gasteiger partial charge in [0, 0.05) is 23.8 Å².